The average Bonchev–Trinajstić information content (AvgIpc) is 2.18. The highest BCUT2D eigenvalue weighted by atomic mass is 35.5. The van der Waals surface area contributed by atoms with E-state index in [-0.39, 0.29) is 24.2 Å². The van der Waals surface area contributed by atoms with Crippen molar-refractivity contribution >= 4 is 24.0 Å². The Bertz CT molecular complexity index is 328. The Balaban J connectivity index is 0.00000196. The predicted molar refractivity (Wildman–Crippen MR) is 66.7 cm³/mol. The van der Waals surface area contributed by atoms with Gasteiger partial charge in [-0.15, -0.1) is 19.0 Å². The standard InChI is InChI=1S/C11H14ClNO.ClH/c1-2-3-7-10(13)8-5-4-6-9(12)11(8)14;/h2,4-6,10,14H,1,3,7,13H2;1H/t10-;/m0./s1. The van der Waals surface area contributed by atoms with Gasteiger partial charge in [-0.25, -0.2) is 0 Å². The molecule has 0 spiro atoms. The lowest BCUT2D eigenvalue weighted by atomic mass is 10.0. The monoisotopic (exact) mass is 247 g/mol. The molecule has 0 radical (unpaired) electrons. The second-order valence-corrected chi connectivity index (χ2v) is 3.56. The first-order valence-corrected chi connectivity index (χ1v) is 4.88. The number of hydrogen-bond donors (Lipinski definition) is 2. The lowest BCUT2D eigenvalue weighted by molar-refractivity contribution is 0.459. The minimum atomic E-state index is -0.188. The summed E-state index contributed by atoms with van der Waals surface area (Å²) in [5, 5.41) is 9.97. The number of nitrogens with two attached hydrogens (primary N) is 1. The third-order valence-corrected chi connectivity index (χ3v) is 2.40. The van der Waals surface area contributed by atoms with Crippen molar-refractivity contribution in [2.45, 2.75) is 18.9 Å². The van der Waals surface area contributed by atoms with Crippen LogP contribution in [-0.2, 0) is 0 Å². The fourth-order valence-electron chi connectivity index (χ4n) is 1.28. The molecule has 4 heteroatoms. The molecule has 84 valence electrons. The van der Waals surface area contributed by atoms with Crippen molar-refractivity contribution in [1.82, 2.24) is 0 Å². The summed E-state index contributed by atoms with van der Waals surface area (Å²) in [6.45, 7) is 3.62. The molecule has 0 aliphatic heterocycles. The molecule has 0 aromatic heterocycles. The molecule has 0 unspecified atom stereocenters. The van der Waals surface area contributed by atoms with E-state index >= 15 is 0 Å². The van der Waals surface area contributed by atoms with E-state index in [1.807, 2.05) is 0 Å². The number of halogens is 2. The Morgan fingerprint density at radius 2 is 2.20 bits per heavy atom. The topological polar surface area (TPSA) is 46.2 Å². The highest BCUT2D eigenvalue weighted by Gasteiger charge is 2.11. The fraction of sp³-hybridized carbons (Fsp3) is 0.273. The smallest absolute Gasteiger partial charge is 0.138 e. The summed E-state index contributed by atoms with van der Waals surface area (Å²) in [4.78, 5) is 0. The molecule has 0 aliphatic carbocycles. The first kappa shape index (κ1) is 14.3. The third kappa shape index (κ3) is 3.74. The molecule has 0 saturated heterocycles. The number of benzene rings is 1. The number of phenols is 1. The number of para-hydroxylation sites is 1. The average molecular weight is 248 g/mol. The van der Waals surface area contributed by atoms with Crippen LogP contribution in [0.25, 0.3) is 0 Å². The van der Waals surface area contributed by atoms with Crippen LogP contribution in [0.4, 0.5) is 0 Å². The van der Waals surface area contributed by atoms with Crippen molar-refractivity contribution in [3.8, 4) is 5.75 Å². The van der Waals surface area contributed by atoms with E-state index in [0.29, 0.717) is 10.6 Å². The molecule has 0 bridgehead atoms. The Hall–Kier alpha value is -0.700. The van der Waals surface area contributed by atoms with E-state index in [1.54, 1.807) is 24.3 Å². The van der Waals surface area contributed by atoms with Crippen LogP contribution in [0.15, 0.2) is 30.9 Å². The van der Waals surface area contributed by atoms with Gasteiger partial charge in [0.25, 0.3) is 0 Å². The van der Waals surface area contributed by atoms with E-state index in [1.165, 1.54) is 0 Å². The first-order valence-electron chi connectivity index (χ1n) is 4.50. The van der Waals surface area contributed by atoms with E-state index in [9.17, 15) is 5.11 Å². The second kappa shape index (κ2) is 6.72. The summed E-state index contributed by atoms with van der Waals surface area (Å²) in [5.41, 5.74) is 6.58. The lowest BCUT2D eigenvalue weighted by Gasteiger charge is -2.13. The van der Waals surface area contributed by atoms with Crippen LogP contribution in [-0.4, -0.2) is 5.11 Å². The van der Waals surface area contributed by atoms with Crippen molar-refractivity contribution in [3.63, 3.8) is 0 Å². The van der Waals surface area contributed by atoms with Crippen molar-refractivity contribution in [1.29, 1.82) is 0 Å². The Morgan fingerprint density at radius 1 is 1.53 bits per heavy atom. The first-order chi connectivity index (χ1) is 6.66. The van der Waals surface area contributed by atoms with E-state index < -0.39 is 0 Å². The summed E-state index contributed by atoms with van der Waals surface area (Å²) in [5.74, 6) is 0.0886. The van der Waals surface area contributed by atoms with Gasteiger partial charge in [-0.05, 0) is 18.9 Å². The molecular formula is C11H15Cl2NO. The normalized spacial score (nSPS) is 11.6. The van der Waals surface area contributed by atoms with Crippen LogP contribution in [0, 0.1) is 0 Å². The quantitative estimate of drug-likeness (QED) is 0.802. The van der Waals surface area contributed by atoms with Gasteiger partial charge in [0.1, 0.15) is 5.75 Å². The largest absolute Gasteiger partial charge is 0.506 e. The molecule has 1 aromatic carbocycles. The minimum Gasteiger partial charge on any atom is -0.506 e. The van der Waals surface area contributed by atoms with Gasteiger partial charge in [0, 0.05) is 11.6 Å². The maximum absolute atomic E-state index is 9.63. The van der Waals surface area contributed by atoms with Crippen LogP contribution in [0.3, 0.4) is 0 Å². The SMILES string of the molecule is C=CCC[C@H](N)c1cccc(Cl)c1O.Cl. The molecule has 1 atom stereocenters. The van der Waals surface area contributed by atoms with Crippen LogP contribution in [0.2, 0.25) is 5.02 Å². The summed E-state index contributed by atoms with van der Waals surface area (Å²) in [6, 6.07) is 5.02. The fourth-order valence-corrected chi connectivity index (χ4v) is 1.47. The number of aromatic hydroxyl groups is 1. The molecule has 0 fully saturated rings. The maximum atomic E-state index is 9.63. The van der Waals surface area contributed by atoms with Crippen molar-refractivity contribution in [3.05, 3.63) is 41.4 Å². The van der Waals surface area contributed by atoms with Gasteiger partial charge in [0.2, 0.25) is 0 Å². The van der Waals surface area contributed by atoms with Gasteiger partial charge in [-0.2, -0.15) is 0 Å². The summed E-state index contributed by atoms with van der Waals surface area (Å²) in [7, 11) is 0. The lowest BCUT2D eigenvalue weighted by Crippen LogP contribution is -2.09. The van der Waals surface area contributed by atoms with Gasteiger partial charge in [-0.3, -0.25) is 0 Å². The zero-order chi connectivity index (χ0) is 10.6. The highest BCUT2D eigenvalue weighted by molar-refractivity contribution is 6.32. The van der Waals surface area contributed by atoms with Crippen LogP contribution in [0.1, 0.15) is 24.4 Å². The molecule has 3 N–H and O–H groups in total. The number of phenolic OH excluding ortho intramolecular Hbond substituents is 1. The van der Waals surface area contributed by atoms with Crippen LogP contribution >= 0.6 is 24.0 Å². The van der Waals surface area contributed by atoms with Gasteiger partial charge >= 0.3 is 0 Å². The number of rotatable bonds is 4. The summed E-state index contributed by atoms with van der Waals surface area (Å²) < 4.78 is 0. The van der Waals surface area contributed by atoms with E-state index in [2.05, 4.69) is 6.58 Å². The van der Waals surface area contributed by atoms with Crippen LogP contribution in [0.5, 0.6) is 5.75 Å². The minimum absolute atomic E-state index is 0. The van der Waals surface area contributed by atoms with E-state index in [4.69, 9.17) is 17.3 Å². The molecule has 1 rings (SSSR count). The Labute approximate surface area is 101 Å². The zero-order valence-electron chi connectivity index (χ0n) is 8.32. The maximum Gasteiger partial charge on any atom is 0.138 e. The molecule has 0 aliphatic rings. The molecule has 0 saturated carbocycles. The third-order valence-electron chi connectivity index (χ3n) is 2.10. The Kier molecular flexibility index (Phi) is 6.41. The molecule has 15 heavy (non-hydrogen) atoms. The van der Waals surface area contributed by atoms with Crippen molar-refractivity contribution < 1.29 is 5.11 Å². The van der Waals surface area contributed by atoms with Gasteiger partial charge in [0.15, 0.2) is 0 Å². The summed E-state index contributed by atoms with van der Waals surface area (Å²) in [6.07, 6.45) is 3.39. The molecule has 0 heterocycles. The molecule has 0 amide bonds. The Morgan fingerprint density at radius 3 is 2.80 bits per heavy atom. The van der Waals surface area contributed by atoms with Gasteiger partial charge in [-0.1, -0.05) is 29.8 Å². The zero-order valence-corrected chi connectivity index (χ0v) is 9.89. The summed E-state index contributed by atoms with van der Waals surface area (Å²) >= 11 is 5.77. The highest BCUT2D eigenvalue weighted by Crippen LogP contribution is 2.31. The molecule has 2 nitrogen and oxygen atoms in total. The second-order valence-electron chi connectivity index (χ2n) is 3.15. The van der Waals surface area contributed by atoms with Gasteiger partial charge in [0.05, 0.1) is 5.02 Å². The van der Waals surface area contributed by atoms with Crippen molar-refractivity contribution in [2.24, 2.45) is 5.73 Å². The van der Waals surface area contributed by atoms with Gasteiger partial charge < -0.3 is 10.8 Å². The van der Waals surface area contributed by atoms with E-state index in [0.717, 1.165) is 12.8 Å². The number of hydrogen-bond acceptors (Lipinski definition) is 2. The predicted octanol–water partition coefficient (Wildman–Crippen LogP) is 3.43. The molecule has 1 aromatic rings. The van der Waals surface area contributed by atoms with Crippen molar-refractivity contribution in [2.75, 3.05) is 0 Å². The molecular weight excluding hydrogens is 233 g/mol. The van der Waals surface area contributed by atoms with Crippen LogP contribution < -0.4 is 5.73 Å². The number of allylic oxidation sites excluding steroid dienone is 1.